The first-order valence-electron chi connectivity index (χ1n) is 5.16. The third-order valence-corrected chi connectivity index (χ3v) is 4.12. The molecule has 2 atom stereocenters. The van der Waals surface area contributed by atoms with Gasteiger partial charge < -0.3 is 5.11 Å². The van der Waals surface area contributed by atoms with E-state index >= 15 is 0 Å². The van der Waals surface area contributed by atoms with Crippen LogP contribution in [0.15, 0.2) is 41.3 Å². The summed E-state index contributed by atoms with van der Waals surface area (Å²) in [6.07, 6.45) is 3.26. The highest BCUT2D eigenvalue weighted by molar-refractivity contribution is 7.91. The molecule has 2 N–H and O–H groups in total. The lowest BCUT2D eigenvalue weighted by Crippen LogP contribution is -2.05. The molecular formula is C13H12N2OS. The van der Waals surface area contributed by atoms with Gasteiger partial charge in [0.2, 0.25) is 0 Å². The fourth-order valence-electron chi connectivity index (χ4n) is 1.75. The number of nitrogens with zero attached hydrogens (tertiary/aromatic N) is 1. The lowest BCUT2D eigenvalue weighted by Gasteiger charge is -2.08. The van der Waals surface area contributed by atoms with Gasteiger partial charge in [-0.15, -0.1) is 0 Å². The highest BCUT2D eigenvalue weighted by atomic mass is 32.2. The van der Waals surface area contributed by atoms with Crippen molar-refractivity contribution in [3.05, 3.63) is 52.4 Å². The molecule has 2 rings (SSSR count). The molecule has 0 spiro atoms. The second kappa shape index (κ2) is 4.66. The zero-order valence-corrected chi connectivity index (χ0v) is 10.2. The van der Waals surface area contributed by atoms with E-state index in [9.17, 15) is 10.4 Å². The van der Waals surface area contributed by atoms with E-state index in [4.69, 9.17) is 4.78 Å². The smallest absolute Gasteiger partial charge is 0.132 e. The van der Waals surface area contributed by atoms with Crippen LogP contribution in [0.4, 0.5) is 0 Å². The van der Waals surface area contributed by atoms with Gasteiger partial charge in [-0.2, -0.15) is 5.26 Å². The minimum Gasteiger partial charge on any atom is -0.377 e. The minimum absolute atomic E-state index is 0.495. The van der Waals surface area contributed by atoms with Gasteiger partial charge in [0, 0.05) is 4.91 Å². The fourth-order valence-corrected chi connectivity index (χ4v) is 2.84. The molecular weight excluding hydrogens is 232 g/mol. The maximum atomic E-state index is 9.52. The summed E-state index contributed by atoms with van der Waals surface area (Å²) in [7, 11) is -1.04. The second-order valence-electron chi connectivity index (χ2n) is 3.75. The molecule has 0 aromatic heterocycles. The van der Waals surface area contributed by atoms with Crippen LogP contribution in [-0.4, -0.2) is 10.5 Å². The summed E-state index contributed by atoms with van der Waals surface area (Å²) in [6.45, 7) is 1.93. The Morgan fingerprint density at radius 3 is 2.71 bits per heavy atom. The van der Waals surface area contributed by atoms with Crippen molar-refractivity contribution in [2.45, 2.75) is 12.4 Å². The molecule has 1 aromatic rings. The van der Waals surface area contributed by atoms with Crippen LogP contribution < -0.4 is 0 Å². The fraction of sp³-hybridized carbons (Fsp3) is 0.154. The van der Waals surface area contributed by atoms with Crippen molar-refractivity contribution in [2.24, 2.45) is 0 Å². The highest BCUT2D eigenvalue weighted by Crippen LogP contribution is 2.29. The van der Waals surface area contributed by atoms with Gasteiger partial charge in [0.15, 0.2) is 0 Å². The molecule has 1 heterocycles. The van der Waals surface area contributed by atoms with Gasteiger partial charge in [-0.25, -0.2) is 0 Å². The van der Waals surface area contributed by atoms with Crippen molar-refractivity contribution < 1.29 is 5.11 Å². The van der Waals surface area contributed by atoms with Crippen LogP contribution in [0.3, 0.4) is 0 Å². The molecule has 1 aromatic carbocycles. The normalized spacial score (nSPS) is 25.7. The average molecular weight is 244 g/mol. The summed E-state index contributed by atoms with van der Waals surface area (Å²) in [4.78, 5) is 0.620. The molecule has 0 amide bonds. The van der Waals surface area contributed by atoms with Crippen LogP contribution in [0.1, 0.15) is 11.1 Å². The van der Waals surface area contributed by atoms with Crippen LogP contribution >= 0.6 is 0 Å². The topological polar surface area (TPSA) is 67.9 Å². The van der Waals surface area contributed by atoms with Gasteiger partial charge in [-0.05, 0) is 40.9 Å². The third-order valence-electron chi connectivity index (χ3n) is 2.66. The van der Waals surface area contributed by atoms with Gasteiger partial charge in [0.05, 0.1) is 5.57 Å². The molecule has 0 bridgehead atoms. The molecule has 0 aliphatic carbocycles. The van der Waals surface area contributed by atoms with Gasteiger partial charge in [0.25, 0.3) is 0 Å². The predicted octanol–water partition coefficient (Wildman–Crippen LogP) is 2.50. The number of hydrogen-bond donors (Lipinski definition) is 2. The van der Waals surface area contributed by atoms with Crippen molar-refractivity contribution in [3.63, 3.8) is 0 Å². The molecule has 0 saturated heterocycles. The Balaban J connectivity index is 2.61. The van der Waals surface area contributed by atoms with Crippen LogP contribution in [0, 0.1) is 23.0 Å². The van der Waals surface area contributed by atoms with Crippen LogP contribution in [0.2, 0.25) is 0 Å². The number of aliphatic hydroxyl groups excluding tert-OH is 1. The summed E-state index contributed by atoms with van der Waals surface area (Å²) in [5.74, 6) is 0. The Labute approximate surface area is 103 Å². The number of hydrogen-bond acceptors (Lipinski definition) is 3. The number of aryl methyl sites for hydroxylation is 1. The molecule has 3 nitrogen and oxygen atoms in total. The number of allylic oxidation sites excluding steroid dienone is 2. The van der Waals surface area contributed by atoms with E-state index in [1.807, 2.05) is 31.2 Å². The van der Waals surface area contributed by atoms with Crippen molar-refractivity contribution in [1.82, 2.24) is 0 Å². The molecule has 1 aliphatic rings. The van der Waals surface area contributed by atoms with Crippen LogP contribution in [-0.2, 0) is 10.7 Å². The Morgan fingerprint density at radius 2 is 2.18 bits per heavy atom. The van der Waals surface area contributed by atoms with Gasteiger partial charge in [-0.1, -0.05) is 24.3 Å². The Morgan fingerprint density at radius 1 is 1.47 bits per heavy atom. The summed E-state index contributed by atoms with van der Waals surface area (Å²) in [6, 6.07) is 9.75. The standard InChI is InChI=1S/C13H12N2OS/c1-9-4-2-3-5-10(9)11(8-14)12-6-7-13(16)17(12)15/h2-7,13,15-16H,1H3. The third kappa shape index (κ3) is 2.07. The van der Waals surface area contributed by atoms with E-state index in [1.54, 1.807) is 12.2 Å². The number of nitrogens with one attached hydrogen (secondary N) is 1. The van der Waals surface area contributed by atoms with E-state index in [0.29, 0.717) is 10.5 Å². The largest absolute Gasteiger partial charge is 0.377 e. The maximum Gasteiger partial charge on any atom is 0.132 e. The molecule has 17 heavy (non-hydrogen) atoms. The maximum absolute atomic E-state index is 9.52. The summed E-state index contributed by atoms with van der Waals surface area (Å²) in [5.41, 5.74) is 1.56. The van der Waals surface area contributed by atoms with E-state index in [1.165, 1.54) is 0 Å². The second-order valence-corrected chi connectivity index (χ2v) is 5.35. The number of rotatable bonds is 1. The van der Waals surface area contributed by atoms with E-state index in [2.05, 4.69) is 6.07 Å². The van der Waals surface area contributed by atoms with Crippen molar-refractivity contribution in [1.29, 1.82) is 10.0 Å². The Bertz CT molecular complexity index is 581. The lowest BCUT2D eigenvalue weighted by atomic mass is 10.0. The van der Waals surface area contributed by atoms with Crippen LogP contribution in [0.5, 0.6) is 0 Å². The molecule has 0 radical (unpaired) electrons. The monoisotopic (exact) mass is 244 g/mol. The zero-order chi connectivity index (χ0) is 12.4. The Hall–Kier alpha value is -1.70. The molecule has 4 heteroatoms. The molecule has 86 valence electrons. The SMILES string of the molecule is Cc1ccccc1C(C#N)=C1C=CC(O)S1=N. The number of nitriles is 1. The van der Waals surface area contributed by atoms with Gasteiger partial charge in [0.1, 0.15) is 11.5 Å². The highest BCUT2D eigenvalue weighted by Gasteiger charge is 2.21. The average Bonchev–Trinajstić information content (AvgIpc) is 2.65. The van der Waals surface area contributed by atoms with Crippen molar-refractivity contribution >= 4 is 16.3 Å². The lowest BCUT2D eigenvalue weighted by molar-refractivity contribution is 0.309. The Kier molecular flexibility index (Phi) is 3.23. The summed E-state index contributed by atoms with van der Waals surface area (Å²) >= 11 is 0. The molecule has 0 saturated carbocycles. The van der Waals surface area contributed by atoms with E-state index < -0.39 is 16.1 Å². The first-order valence-corrected chi connectivity index (χ1v) is 6.45. The molecule has 2 unspecified atom stereocenters. The first kappa shape index (κ1) is 11.8. The van der Waals surface area contributed by atoms with Crippen molar-refractivity contribution in [3.8, 4) is 6.07 Å². The summed E-state index contributed by atoms with van der Waals surface area (Å²) < 4.78 is 7.86. The molecule has 0 fully saturated rings. The van der Waals surface area contributed by atoms with Crippen molar-refractivity contribution in [2.75, 3.05) is 0 Å². The van der Waals surface area contributed by atoms with Gasteiger partial charge in [-0.3, -0.25) is 4.78 Å². The number of aliphatic hydroxyl groups is 1. The first-order chi connectivity index (χ1) is 8.15. The van der Waals surface area contributed by atoms with Gasteiger partial charge >= 0.3 is 0 Å². The summed E-state index contributed by atoms with van der Waals surface area (Å²) in [5, 5.41) is 18.8. The zero-order valence-electron chi connectivity index (χ0n) is 9.34. The molecule has 1 aliphatic heterocycles. The minimum atomic E-state index is -1.04. The van der Waals surface area contributed by atoms with Crippen LogP contribution in [0.25, 0.3) is 5.57 Å². The quantitative estimate of drug-likeness (QED) is 0.745. The van der Waals surface area contributed by atoms with E-state index in [-0.39, 0.29) is 0 Å². The predicted molar refractivity (Wildman–Crippen MR) is 68.9 cm³/mol. The van der Waals surface area contributed by atoms with E-state index in [0.717, 1.165) is 11.1 Å². The number of benzene rings is 1.